The van der Waals surface area contributed by atoms with Gasteiger partial charge in [0.15, 0.2) is 4.93 Å². The molecule has 7 rings (SSSR count). The molecule has 56 heavy (non-hydrogen) atoms. The van der Waals surface area contributed by atoms with Gasteiger partial charge in [-0.3, -0.25) is 0 Å². The van der Waals surface area contributed by atoms with E-state index in [0.717, 1.165) is 45.4 Å². The van der Waals surface area contributed by atoms with Crippen LogP contribution in [-0.2, 0) is 56.7 Å². The van der Waals surface area contributed by atoms with Crippen LogP contribution in [0.1, 0.15) is 51.4 Å². The largest absolute Gasteiger partial charge is 0.376 e. The third-order valence-corrected chi connectivity index (χ3v) is 11.6. The second kappa shape index (κ2) is 19.9. The molecule has 5 nitrogen and oxygen atoms in total. The Morgan fingerprint density at radius 1 is 0.518 bits per heavy atom. The Morgan fingerprint density at radius 3 is 1.57 bits per heavy atom. The summed E-state index contributed by atoms with van der Waals surface area (Å²) >= 11 is 1.44. The summed E-state index contributed by atoms with van der Waals surface area (Å²) in [5.74, 6) is 0. The van der Waals surface area contributed by atoms with Gasteiger partial charge in [-0.05, 0) is 57.0 Å². The number of thioether (sulfide) groups is 1. The Morgan fingerprint density at radius 2 is 1.02 bits per heavy atom. The predicted octanol–water partition coefficient (Wildman–Crippen LogP) is 10.7. The molecule has 286 valence electrons. The molecule has 0 radical (unpaired) electrons. The number of ether oxygens (including phenoxy) is 4. The van der Waals surface area contributed by atoms with E-state index in [2.05, 4.69) is 91.9 Å². The van der Waals surface area contributed by atoms with E-state index in [-0.39, 0.29) is 11.9 Å². The quantitative estimate of drug-likeness (QED) is 0.0934. The smallest absolute Gasteiger partial charge is 0.165 e. The van der Waals surface area contributed by atoms with Crippen LogP contribution in [0.3, 0.4) is 0 Å². The summed E-state index contributed by atoms with van der Waals surface area (Å²) < 4.78 is 27.2. The zero-order valence-corrected chi connectivity index (χ0v) is 32.7. The zero-order chi connectivity index (χ0) is 38.4. The Kier molecular flexibility index (Phi) is 14.0. The van der Waals surface area contributed by atoms with E-state index in [0.29, 0.717) is 26.4 Å². The van der Waals surface area contributed by atoms with Crippen molar-refractivity contribution < 1.29 is 24.1 Å². The molecule has 1 fully saturated rings. The van der Waals surface area contributed by atoms with E-state index in [9.17, 15) is 5.11 Å². The molecule has 1 heterocycles. The van der Waals surface area contributed by atoms with Crippen LogP contribution < -0.4 is 0 Å². The van der Waals surface area contributed by atoms with Crippen LogP contribution in [0, 0.1) is 0 Å². The average molecular weight is 763 g/mol. The topological polar surface area (TPSA) is 57.2 Å². The minimum atomic E-state index is -1.53. The molecule has 0 aromatic heterocycles. The molecule has 1 N–H and O–H groups in total. The minimum absolute atomic E-state index is 0.285. The molecule has 0 spiro atoms. The third kappa shape index (κ3) is 10.5. The highest BCUT2D eigenvalue weighted by molar-refractivity contribution is 8.00. The molecule has 0 aliphatic carbocycles. The fourth-order valence-corrected chi connectivity index (χ4v) is 8.60. The van der Waals surface area contributed by atoms with Gasteiger partial charge in [-0.15, -0.1) is 11.8 Å². The molecule has 0 amide bonds. The van der Waals surface area contributed by atoms with Crippen LogP contribution in [0.2, 0.25) is 0 Å². The molecule has 0 saturated carbocycles. The van der Waals surface area contributed by atoms with E-state index in [1.165, 1.54) is 17.3 Å². The molecule has 1 aliphatic heterocycles. The van der Waals surface area contributed by atoms with Gasteiger partial charge in [0.05, 0.1) is 38.3 Å². The molecule has 1 unspecified atom stereocenters. The lowest BCUT2D eigenvalue weighted by Gasteiger charge is -2.50. The molecule has 5 atom stereocenters. The molecule has 0 bridgehead atoms. The highest BCUT2D eigenvalue weighted by Crippen LogP contribution is 2.50. The van der Waals surface area contributed by atoms with Crippen LogP contribution in [0.4, 0.5) is 0 Å². The van der Waals surface area contributed by atoms with E-state index >= 15 is 0 Å². The fourth-order valence-electron chi connectivity index (χ4n) is 7.01. The highest BCUT2D eigenvalue weighted by Gasteiger charge is 2.56. The maximum absolute atomic E-state index is 13.3. The number of hydrogen-bond acceptors (Lipinski definition) is 6. The molecular formula is C50H50O5S. The van der Waals surface area contributed by atoms with E-state index in [4.69, 9.17) is 18.9 Å². The minimum Gasteiger partial charge on any atom is -0.376 e. The summed E-state index contributed by atoms with van der Waals surface area (Å²) in [6, 6.07) is 57.2. The second-order valence-electron chi connectivity index (χ2n) is 14.1. The molecule has 6 aromatic carbocycles. The SMILES string of the molecule is CCc1ccc(C=Cc2cccc(C3(O)S[C@H](COCc4ccccc4)[C@@H](OCc4ccccc4)[C@H](OCc4ccccc4)[C@H]3OCc3ccccc3)c2)cc1. The Bertz CT molecular complexity index is 2080. The molecular weight excluding hydrogens is 713 g/mol. The summed E-state index contributed by atoms with van der Waals surface area (Å²) in [4.78, 5) is -1.53. The number of aliphatic hydroxyl groups is 1. The molecule has 6 heteroatoms. The van der Waals surface area contributed by atoms with Crippen molar-refractivity contribution in [3.63, 3.8) is 0 Å². The van der Waals surface area contributed by atoms with Crippen molar-refractivity contribution >= 4 is 23.9 Å². The van der Waals surface area contributed by atoms with Crippen molar-refractivity contribution in [1.29, 1.82) is 0 Å². The lowest BCUT2D eigenvalue weighted by Crippen LogP contribution is -2.61. The van der Waals surface area contributed by atoms with Gasteiger partial charge in [-0.25, -0.2) is 0 Å². The van der Waals surface area contributed by atoms with Gasteiger partial charge in [-0.1, -0.05) is 183 Å². The third-order valence-electron chi connectivity index (χ3n) is 10.1. The molecule has 1 aliphatic rings. The maximum Gasteiger partial charge on any atom is 0.165 e. The first-order chi connectivity index (χ1) is 27.6. The Hall–Kier alpha value is -4.79. The van der Waals surface area contributed by atoms with Crippen molar-refractivity contribution in [2.45, 2.75) is 68.3 Å². The van der Waals surface area contributed by atoms with Crippen molar-refractivity contribution in [3.05, 3.63) is 214 Å². The standard InChI is InChI=1S/C50H50O5S/c1-2-38-26-28-39(29-27-38)30-31-40-24-15-25-45(32-40)50(51)49(55-36-44-22-13-6-14-23-44)48(54-35-43-20-11-5-12-21-43)47(53-34-42-18-9-4-10-19-42)46(56-50)37-52-33-41-16-7-3-8-17-41/h3-32,46-49,51H,2,33-37H2,1H3/t46-,47-,48+,49-,50?/m1/s1. The van der Waals surface area contributed by atoms with Crippen molar-refractivity contribution in [2.24, 2.45) is 0 Å². The van der Waals surface area contributed by atoms with E-state index in [1.54, 1.807) is 0 Å². The normalized spacial score (nSPS) is 21.0. The summed E-state index contributed by atoms with van der Waals surface area (Å²) in [7, 11) is 0. The number of rotatable bonds is 17. The number of hydrogen-bond donors (Lipinski definition) is 1. The maximum atomic E-state index is 13.3. The van der Waals surface area contributed by atoms with Crippen LogP contribution in [0.25, 0.3) is 12.2 Å². The van der Waals surface area contributed by atoms with Crippen LogP contribution in [0.5, 0.6) is 0 Å². The predicted molar refractivity (Wildman–Crippen MR) is 228 cm³/mol. The first-order valence-electron chi connectivity index (χ1n) is 19.4. The summed E-state index contributed by atoms with van der Waals surface area (Å²) in [5.41, 5.74) is 8.28. The van der Waals surface area contributed by atoms with E-state index in [1.807, 2.05) is 97.1 Å². The van der Waals surface area contributed by atoms with Crippen LogP contribution >= 0.6 is 11.8 Å². The lowest BCUT2D eigenvalue weighted by molar-refractivity contribution is -0.199. The van der Waals surface area contributed by atoms with Crippen molar-refractivity contribution in [3.8, 4) is 0 Å². The fraction of sp³-hybridized carbons (Fsp3) is 0.240. The summed E-state index contributed by atoms with van der Waals surface area (Å²) in [6.45, 7) is 3.90. The summed E-state index contributed by atoms with van der Waals surface area (Å²) in [5, 5.41) is 13.0. The monoisotopic (exact) mass is 762 g/mol. The molecule has 1 saturated heterocycles. The molecule has 6 aromatic rings. The van der Waals surface area contributed by atoms with Gasteiger partial charge in [0, 0.05) is 0 Å². The van der Waals surface area contributed by atoms with Crippen LogP contribution in [0.15, 0.2) is 170 Å². The lowest BCUT2D eigenvalue weighted by atomic mass is 9.92. The number of benzene rings is 6. The van der Waals surface area contributed by atoms with Gasteiger partial charge in [0.25, 0.3) is 0 Å². The Balaban J connectivity index is 1.27. The van der Waals surface area contributed by atoms with E-state index < -0.39 is 23.2 Å². The van der Waals surface area contributed by atoms with Gasteiger partial charge in [0.1, 0.15) is 18.3 Å². The number of aryl methyl sites for hydroxylation is 1. The van der Waals surface area contributed by atoms with Gasteiger partial charge >= 0.3 is 0 Å². The Labute approximate surface area is 336 Å². The highest BCUT2D eigenvalue weighted by atomic mass is 32.2. The summed E-state index contributed by atoms with van der Waals surface area (Å²) in [6.07, 6.45) is 3.23. The van der Waals surface area contributed by atoms with Gasteiger partial charge < -0.3 is 24.1 Å². The first-order valence-corrected chi connectivity index (χ1v) is 20.3. The van der Waals surface area contributed by atoms with Crippen LogP contribution in [-0.4, -0.2) is 35.3 Å². The zero-order valence-electron chi connectivity index (χ0n) is 31.9. The van der Waals surface area contributed by atoms with Crippen molar-refractivity contribution in [1.82, 2.24) is 0 Å². The first kappa shape index (κ1) is 39.4. The average Bonchev–Trinajstić information content (AvgIpc) is 3.26. The van der Waals surface area contributed by atoms with Crippen molar-refractivity contribution in [2.75, 3.05) is 6.61 Å². The van der Waals surface area contributed by atoms with Gasteiger partial charge in [-0.2, -0.15) is 0 Å². The second-order valence-corrected chi connectivity index (χ2v) is 15.6. The van der Waals surface area contributed by atoms with Gasteiger partial charge in [0.2, 0.25) is 0 Å².